The third-order valence-corrected chi connectivity index (χ3v) is 5.11. The molecule has 0 aliphatic carbocycles. The molecule has 0 aliphatic rings. The topological polar surface area (TPSA) is 105 Å². The number of halogens is 2. The average Bonchev–Trinajstić information content (AvgIpc) is 3.32. The maximum absolute atomic E-state index is 12.9. The number of carbonyl (C=O) groups is 1. The normalized spacial score (nSPS) is 10.4. The second-order valence-electron chi connectivity index (χ2n) is 7.22. The number of hydrogen-bond acceptors (Lipinski definition) is 7. The molecule has 0 spiro atoms. The van der Waals surface area contributed by atoms with E-state index in [1.54, 1.807) is 35.2 Å². The minimum atomic E-state index is -0.309. The fourth-order valence-electron chi connectivity index (χ4n) is 3.07. The summed E-state index contributed by atoms with van der Waals surface area (Å²) in [4.78, 5) is 23.3. The van der Waals surface area contributed by atoms with Crippen LogP contribution in [0.25, 0.3) is 5.82 Å². The van der Waals surface area contributed by atoms with Gasteiger partial charge in [0.15, 0.2) is 6.29 Å². The molecule has 0 atom stereocenters. The van der Waals surface area contributed by atoms with Crippen molar-refractivity contribution in [2.24, 2.45) is 0 Å². The molecule has 176 valence electrons. The molecule has 0 amide bonds. The van der Waals surface area contributed by atoms with Gasteiger partial charge < -0.3 is 15.7 Å². The quantitative estimate of drug-likeness (QED) is 0.339. The zero-order chi connectivity index (χ0) is 24.5. The minimum absolute atomic E-state index is 0.00329. The Hall–Kier alpha value is -3.66. The van der Waals surface area contributed by atoms with E-state index in [1.807, 2.05) is 26.1 Å². The molecule has 10 heteroatoms. The number of aldehydes is 1. The number of anilines is 2. The van der Waals surface area contributed by atoms with Crippen molar-refractivity contribution in [2.75, 3.05) is 12.4 Å². The Morgan fingerprint density at radius 2 is 1.94 bits per heavy atom. The van der Waals surface area contributed by atoms with Gasteiger partial charge in [-0.3, -0.25) is 9.36 Å². The fraction of sp³-hybridized carbons (Fsp3) is 0.167. The number of rotatable bonds is 7. The fourth-order valence-corrected chi connectivity index (χ4v) is 3.32. The van der Waals surface area contributed by atoms with Crippen molar-refractivity contribution >= 4 is 29.5 Å². The van der Waals surface area contributed by atoms with E-state index in [0.29, 0.717) is 34.5 Å². The van der Waals surface area contributed by atoms with E-state index in [0.717, 1.165) is 23.2 Å². The summed E-state index contributed by atoms with van der Waals surface area (Å²) >= 11 is 5.88. The van der Waals surface area contributed by atoms with Gasteiger partial charge in [0.2, 0.25) is 5.95 Å². The number of benzene rings is 2. The number of imidazole rings is 1. The number of hydrogen-bond donors (Lipinski definition) is 3. The lowest BCUT2D eigenvalue weighted by molar-refractivity contribution is 0.111. The lowest BCUT2D eigenvalue weighted by atomic mass is 10.1. The Morgan fingerprint density at radius 1 is 1.18 bits per heavy atom. The molecule has 8 nitrogen and oxygen atoms in total. The van der Waals surface area contributed by atoms with Crippen molar-refractivity contribution in [3.8, 4) is 5.82 Å². The first kappa shape index (κ1) is 25.0. The van der Waals surface area contributed by atoms with Crippen molar-refractivity contribution in [3.63, 3.8) is 0 Å². The van der Waals surface area contributed by atoms with Crippen molar-refractivity contribution in [3.05, 3.63) is 94.4 Å². The zero-order valence-corrected chi connectivity index (χ0v) is 19.4. The third kappa shape index (κ3) is 6.44. The first-order valence-electron chi connectivity index (χ1n) is 10.3. The van der Waals surface area contributed by atoms with Gasteiger partial charge in [-0.15, -0.1) is 0 Å². The molecule has 0 fully saturated rings. The molecule has 34 heavy (non-hydrogen) atoms. The summed E-state index contributed by atoms with van der Waals surface area (Å²) in [5, 5.41) is 15.7. The highest BCUT2D eigenvalue weighted by Crippen LogP contribution is 2.20. The Bertz CT molecular complexity index is 1250. The third-order valence-electron chi connectivity index (χ3n) is 4.75. The SMILES string of the molecule is CNCc1cccc(Cl)c1CO.Cc1cnc(Nc2ccc(F)cc2)nc1-n1cnc(C=O)c1. The van der Waals surface area contributed by atoms with Crippen LogP contribution in [0, 0.1) is 12.7 Å². The number of aryl methyl sites for hydroxylation is 1. The van der Waals surface area contributed by atoms with Gasteiger partial charge >= 0.3 is 0 Å². The number of aliphatic hydroxyl groups is 1. The van der Waals surface area contributed by atoms with Gasteiger partial charge in [-0.05, 0) is 49.9 Å². The molecule has 0 bridgehead atoms. The molecule has 0 radical (unpaired) electrons. The van der Waals surface area contributed by atoms with E-state index in [1.165, 1.54) is 18.5 Å². The molecule has 3 N–H and O–H groups in total. The van der Waals surface area contributed by atoms with Crippen LogP contribution in [0.5, 0.6) is 0 Å². The summed E-state index contributed by atoms with van der Waals surface area (Å²) in [5.74, 6) is 0.671. The van der Waals surface area contributed by atoms with Crippen molar-refractivity contribution in [2.45, 2.75) is 20.1 Å². The molecule has 4 aromatic rings. The molecule has 0 aliphatic heterocycles. The van der Waals surface area contributed by atoms with Gasteiger partial charge in [0, 0.05) is 40.8 Å². The molecule has 2 aromatic heterocycles. The van der Waals surface area contributed by atoms with Gasteiger partial charge in [-0.25, -0.2) is 14.4 Å². The monoisotopic (exact) mass is 482 g/mol. The number of aromatic nitrogens is 4. The maximum atomic E-state index is 12.9. The number of nitrogens with one attached hydrogen (secondary N) is 2. The summed E-state index contributed by atoms with van der Waals surface area (Å²) in [6.45, 7) is 2.59. The Morgan fingerprint density at radius 3 is 2.59 bits per heavy atom. The van der Waals surface area contributed by atoms with Crippen molar-refractivity contribution < 1.29 is 14.3 Å². The van der Waals surface area contributed by atoms with Gasteiger partial charge in [0.05, 0.1) is 6.61 Å². The molecule has 4 rings (SSSR count). The molecule has 0 saturated heterocycles. The van der Waals surface area contributed by atoms with Crippen LogP contribution in [0.2, 0.25) is 5.02 Å². The van der Waals surface area contributed by atoms with Crippen LogP contribution in [0.15, 0.2) is 61.2 Å². The van der Waals surface area contributed by atoms with E-state index < -0.39 is 0 Å². The molecule has 0 saturated carbocycles. The first-order valence-corrected chi connectivity index (χ1v) is 10.7. The van der Waals surface area contributed by atoms with Gasteiger partial charge in [-0.2, -0.15) is 4.98 Å². The molecule has 2 aromatic carbocycles. The van der Waals surface area contributed by atoms with Crippen LogP contribution in [0.4, 0.5) is 16.0 Å². The van der Waals surface area contributed by atoms with Gasteiger partial charge in [0.25, 0.3) is 0 Å². The smallest absolute Gasteiger partial charge is 0.229 e. The summed E-state index contributed by atoms with van der Waals surface area (Å²) in [6.07, 6.45) is 5.43. The van der Waals surface area contributed by atoms with E-state index in [-0.39, 0.29) is 12.4 Å². The Kier molecular flexibility index (Phi) is 8.80. The van der Waals surface area contributed by atoms with Crippen LogP contribution in [-0.4, -0.2) is 38.0 Å². The van der Waals surface area contributed by atoms with Crippen LogP contribution >= 0.6 is 11.6 Å². The largest absolute Gasteiger partial charge is 0.392 e. The maximum Gasteiger partial charge on any atom is 0.229 e. The van der Waals surface area contributed by atoms with Crippen LogP contribution in [-0.2, 0) is 13.2 Å². The van der Waals surface area contributed by atoms with Crippen molar-refractivity contribution in [1.82, 2.24) is 24.8 Å². The lowest BCUT2D eigenvalue weighted by Crippen LogP contribution is -2.07. The van der Waals surface area contributed by atoms with Crippen LogP contribution < -0.4 is 10.6 Å². The molecular weight excluding hydrogens is 459 g/mol. The summed E-state index contributed by atoms with van der Waals surface area (Å²) in [7, 11) is 1.86. The predicted molar refractivity (Wildman–Crippen MR) is 129 cm³/mol. The Labute approximate surface area is 201 Å². The minimum Gasteiger partial charge on any atom is -0.392 e. The van der Waals surface area contributed by atoms with Gasteiger partial charge in [-0.1, -0.05) is 23.7 Å². The van der Waals surface area contributed by atoms with E-state index in [4.69, 9.17) is 16.7 Å². The van der Waals surface area contributed by atoms with E-state index in [9.17, 15) is 9.18 Å². The first-order chi connectivity index (χ1) is 16.4. The lowest BCUT2D eigenvalue weighted by Gasteiger charge is -2.09. The molecule has 2 heterocycles. The Balaban J connectivity index is 0.000000229. The summed E-state index contributed by atoms with van der Waals surface area (Å²) < 4.78 is 14.6. The van der Waals surface area contributed by atoms with E-state index >= 15 is 0 Å². The molecular formula is C24H24ClFN6O2. The van der Waals surface area contributed by atoms with Gasteiger partial charge in [0.1, 0.15) is 23.7 Å². The summed E-state index contributed by atoms with van der Waals surface area (Å²) in [5.41, 5.74) is 3.70. The zero-order valence-electron chi connectivity index (χ0n) is 18.7. The highest BCUT2D eigenvalue weighted by Gasteiger charge is 2.08. The number of nitrogens with zero attached hydrogens (tertiary/aromatic N) is 4. The number of carbonyl (C=O) groups excluding carboxylic acids is 1. The standard InChI is InChI=1S/C15H12FN5O.C9H12ClNO/c1-10-6-17-15(19-12-4-2-11(16)3-5-12)20-14(10)21-7-13(8-22)18-9-21;1-11-5-7-3-2-4-9(10)8(7)6-12/h2-9H,1H3,(H,17,19,20);2-4,11-12H,5-6H2,1H3. The summed E-state index contributed by atoms with van der Waals surface area (Å²) in [6, 6.07) is 11.5. The predicted octanol–water partition coefficient (Wildman–Crippen LogP) is 4.22. The van der Waals surface area contributed by atoms with E-state index in [2.05, 4.69) is 25.6 Å². The van der Waals surface area contributed by atoms with Crippen molar-refractivity contribution in [1.29, 1.82) is 0 Å². The van der Waals surface area contributed by atoms with Crippen LogP contribution in [0.1, 0.15) is 27.2 Å². The van der Waals surface area contributed by atoms with Crippen LogP contribution in [0.3, 0.4) is 0 Å². The highest BCUT2D eigenvalue weighted by molar-refractivity contribution is 6.31. The molecule has 0 unspecified atom stereocenters. The average molecular weight is 483 g/mol. The highest BCUT2D eigenvalue weighted by atomic mass is 35.5. The second kappa shape index (κ2) is 12.0. The number of aliphatic hydroxyl groups excluding tert-OH is 1. The second-order valence-corrected chi connectivity index (χ2v) is 7.63.